The molecule has 0 aliphatic heterocycles. The van der Waals surface area contributed by atoms with Crippen LogP contribution in [0.1, 0.15) is 29.3 Å². The van der Waals surface area contributed by atoms with Gasteiger partial charge in [-0.2, -0.15) is 5.26 Å². The fourth-order valence-electron chi connectivity index (χ4n) is 2.59. The molecular formula is C21H19N3O2S. The van der Waals surface area contributed by atoms with Crippen molar-refractivity contribution in [2.45, 2.75) is 27.4 Å². The summed E-state index contributed by atoms with van der Waals surface area (Å²) in [5.41, 5.74) is 4.27. The number of thiazole rings is 1. The molecule has 0 saturated heterocycles. The zero-order chi connectivity index (χ0) is 19.4. The molecule has 5 nitrogen and oxygen atoms in total. The molecule has 0 unspecified atom stereocenters. The maximum Gasteiger partial charge on any atom is 0.230 e. The van der Waals surface area contributed by atoms with Crippen LogP contribution in [0.4, 0.5) is 10.8 Å². The number of nitrogens with zero attached hydrogens (tertiary/aromatic N) is 3. The lowest BCUT2D eigenvalue weighted by atomic mass is 10.1. The van der Waals surface area contributed by atoms with Crippen LogP contribution in [0.3, 0.4) is 0 Å². The van der Waals surface area contributed by atoms with E-state index >= 15 is 0 Å². The Labute approximate surface area is 162 Å². The average molecular weight is 377 g/mol. The van der Waals surface area contributed by atoms with Gasteiger partial charge in [0, 0.05) is 12.3 Å². The number of ether oxygens (including phenoxy) is 1. The molecule has 2 aromatic carbocycles. The molecule has 1 aromatic heterocycles. The summed E-state index contributed by atoms with van der Waals surface area (Å²) in [6.07, 6.45) is 0. The van der Waals surface area contributed by atoms with Crippen molar-refractivity contribution < 1.29 is 9.53 Å². The Hall–Kier alpha value is -3.17. The van der Waals surface area contributed by atoms with Crippen LogP contribution in [0, 0.1) is 25.2 Å². The van der Waals surface area contributed by atoms with E-state index in [2.05, 4.69) is 11.1 Å². The summed E-state index contributed by atoms with van der Waals surface area (Å²) in [6, 6.07) is 15.1. The van der Waals surface area contributed by atoms with Crippen molar-refractivity contribution >= 4 is 28.1 Å². The Morgan fingerprint density at radius 1 is 1.22 bits per heavy atom. The maximum atomic E-state index is 12.2. The Balaban J connectivity index is 1.81. The molecule has 0 fully saturated rings. The smallest absolute Gasteiger partial charge is 0.230 e. The van der Waals surface area contributed by atoms with E-state index in [0.29, 0.717) is 22.1 Å². The van der Waals surface area contributed by atoms with E-state index < -0.39 is 0 Å². The van der Waals surface area contributed by atoms with Crippen molar-refractivity contribution in [2.75, 3.05) is 4.90 Å². The van der Waals surface area contributed by atoms with Crippen LogP contribution < -0.4 is 9.64 Å². The van der Waals surface area contributed by atoms with Crippen LogP contribution in [-0.2, 0) is 11.4 Å². The number of carbonyl (C=O) groups excluding carboxylic acids is 1. The van der Waals surface area contributed by atoms with Crippen molar-refractivity contribution in [3.63, 3.8) is 0 Å². The normalized spacial score (nSPS) is 10.3. The highest BCUT2D eigenvalue weighted by Gasteiger charge is 2.18. The van der Waals surface area contributed by atoms with Crippen molar-refractivity contribution in [1.82, 2.24) is 4.98 Å². The third-order valence-corrected chi connectivity index (χ3v) is 5.05. The first-order valence-corrected chi connectivity index (χ1v) is 9.32. The van der Waals surface area contributed by atoms with Gasteiger partial charge in [0.1, 0.15) is 18.4 Å². The van der Waals surface area contributed by atoms with Crippen LogP contribution in [0.15, 0.2) is 47.8 Å². The van der Waals surface area contributed by atoms with Crippen LogP contribution in [0.5, 0.6) is 5.75 Å². The molecule has 1 amide bonds. The van der Waals surface area contributed by atoms with Gasteiger partial charge in [0.2, 0.25) is 5.91 Å². The number of para-hydroxylation sites is 1. The number of aryl methyl sites for hydroxylation is 2. The number of anilines is 2. The second kappa shape index (κ2) is 8.02. The number of amides is 1. The molecule has 0 spiro atoms. The lowest BCUT2D eigenvalue weighted by Crippen LogP contribution is -2.22. The number of aromatic nitrogens is 1. The van der Waals surface area contributed by atoms with Crippen molar-refractivity contribution in [1.29, 1.82) is 5.26 Å². The second-order valence-electron chi connectivity index (χ2n) is 6.14. The van der Waals surface area contributed by atoms with E-state index in [9.17, 15) is 4.79 Å². The highest BCUT2D eigenvalue weighted by molar-refractivity contribution is 7.14. The third kappa shape index (κ3) is 4.15. The third-order valence-electron chi connectivity index (χ3n) is 4.18. The van der Waals surface area contributed by atoms with Gasteiger partial charge in [0.05, 0.1) is 16.9 Å². The molecule has 136 valence electrons. The molecule has 3 rings (SSSR count). The molecule has 0 aliphatic carbocycles. The van der Waals surface area contributed by atoms with E-state index in [1.165, 1.54) is 23.8 Å². The SMILES string of the molecule is CC(=O)N(c1ccc(C)c(C)c1)c1nc(COc2ccccc2C#N)cs1. The summed E-state index contributed by atoms with van der Waals surface area (Å²) >= 11 is 1.38. The van der Waals surface area contributed by atoms with Crippen molar-refractivity contribution in [3.8, 4) is 11.8 Å². The first-order chi connectivity index (χ1) is 13.0. The summed E-state index contributed by atoms with van der Waals surface area (Å²) in [6.45, 7) is 5.81. The Bertz CT molecular complexity index is 1020. The molecule has 1 heterocycles. The minimum absolute atomic E-state index is 0.102. The molecule has 0 saturated carbocycles. The van der Waals surface area contributed by atoms with E-state index in [4.69, 9.17) is 10.00 Å². The summed E-state index contributed by atoms with van der Waals surface area (Å²) in [5, 5.41) is 11.6. The molecule has 6 heteroatoms. The van der Waals surface area contributed by atoms with E-state index in [1.807, 2.05) is 43.5 Å². The molecule has 0 aliphatic rings. The number of hydrogen-bond acceptors (Lipinski definition) is 5. The zero-order valence-electron chi connectivity index (χ0n) is 15.4. The number of nitriles is 1. The van der Waals surface area contributed by atoms with Gasteiger partial charge < -0.3 is 4.74 Å². The Kier molecular flexibility index (Phi) is 5.53. The quantitative estimate of drug-likeness (QED) is 0.634. The average Bonchev–Trinajstić information content (AvgIpc) is 3.11. The molecule has 0 N–H and O–H groups in total. The topological polar surface area (TPSA) is 66.2 Å². The minimum atomic E-state index is -0.102. The van der Waals surface area contributed by atoms with E-state index in [1.54, 1.807) is 23.1 Å². The molecule has 0 atom stereocenters. The summed E-state index contributed by atoms with van der Waals surface area (Å²) in [5.74, 6) is 0.419. The van der Waals surface area contributed by atoms with Gasteiger partial charge >= 0.3 is 0 Å². The van der Waals surface area contributed by atoms with Crippen molar-refractivity contribution in [2.24, 2.45) is 0 Å². The van der Waals surface area contributed by atoms with E-state index in [0.717, 1.165) is 11.3 Å². The van der Waals surface area contributed by atoms with Crippen LogP contribution >= 0.6 is 11.3 Å². The first-order valence-electron chi connectivity index (χ1n) is 8.44. The Morgan fingerprint density at radius 2 is 2.00 bits per heavy atom. The molecule has 0 bridgehead atoms. The monoisotopic (exact) mass is 377 g/mol. The Morgan fingerprint density at radius 3 is 2.70 bits per heavy atom. The largest absolute Gasteiger partial charge is 0.486 e. The van der Waals surface area contributed by atoms with Gasteiger partial charge in [0.25, 0.3) is 0 Å². The molecule has 27 heavy (non-hydrogen) atoms. The lowest BCUT2D eigenvalue weighted by Gasteiger charge is -2.19. The fourth-order valence-corrected chi connectivity index (χ4v) is 3.46. The molecule has 0 radical (unpaired) electrons. The second-order valence-corrected chi connectivity index (χ2v) is 6.98. The van der Waals surface area contributed by atoms with E-state index in [-0.39, 0.29) is 12.5 Å². The van der Waals surface area contributed by atoms with Crippen LogP contribution in [0.25, 0.3) is 0 Å². The predicted molar refractivity (Wildman–Crippen MR) is 106 cm³/mol. The van der Waals surface area contributed by atoms with Gasteiger partial charge in [-0.1, -0.05) is 18.2 Å². The number of hydrogen-bond donors (Lipinski definition) is 0. The lowest BCUT2D eigenvalue weighted by molar-refractivity contribution is -0.115. The van der Waals surface area contributed by atoms with Gasteiger partial charge in [-0.25, -0.2) is 4.98 Å². The van der Waals surface area contributed by atoms with Gasteiger partial charge in [-0.3, -0.25) is 9.69 Å². The first kappa shape index (κ1) is 18.6. The van der Waals surface area contributed by atoms with Crippen molar-refractivity contribution in [3.05, 3.63) is 70.2 Å². The molecular weight excluding hydrogens is 358 g/mol. The summed E-state index contributed by atoms with van der Waals surface area (Å²) in [4.78, 5) is 18.4. The zero-order valence-corrected chi connectivity index (χ0v) is 16.2. The fraction of sp³-hybridized carbons (Fsp3) is 0.190. The summed E-state index contributed by atoms with van der Waals surface area (Å²) in [7, 11) is 0. The number of benzene rings is 2. The highest BCUT2D eigenvalue weighted by Crippen LogP contribution is 2.30. The number of carbonyl (C=O) groups is 1. The summed E-state index contributed by atoms with van der Waals surface area (Å²) < 4.78 is 5.73. The number of rotatable bonds is 5. The predicted octanol–water partition coefficient (Wildman–Crippen LogP) is 4.90. The highest BCUT2D eigenvalue weighted by atomic mass is 32.1. The minimum Gasteiger partial charge on any atom is -0.486 e. The standard InChI is InChI=1S/C21H19N3O2S/c1-14-8-9-19(10-15(14)2)24(16(3)25)21-23-18(13-27-21)12-26-20-7-5-4-6-17(20)11-22/h4-10,13H,12H2,1-3H3. The van der Waals surface area contributed by atoms with Crippen LogP contribution in [-0.4, -0.2) is 10.9 Å². The van der Waals surface area contributed by atoms with Gasteiger partial charge in [-0.05, 0) is 49.2 Å². The van der Waals surface area contributed by atoms with Gasteiger partial charge in [0.15, 0.2) is 5.13 Å². The molecule has 3 aromatic rings. The van der Waals surface area contributed by atoms with Gasteiger partial charge in [-0.15, -0.1) is 11.3 Å². The van der Waals surface area contributed by atoms with Crippen LogP contribution in [0.2, 0.25) is 0 Å². The maximum absolute atomic E-state index is 12.2.